The van der Waals surface area contributed by atoms with E-state index in [0.29, 0.717) is 32.9 Å². The van der Waals surface area contributed by atoms with E-state index >= 15 is 0 Å². The van der Waals surface area contributed by atoms with Gasteiger partial charge in [0.05, 0.1) is 33.9 Å². The molecular formula is C22H46N4O9. The molecule has 0 radical (unpaired) electrons. The maximum absolute atomic E-state index is 12.1. The van der Waals surface area contributed by atoms with Gasteiger partial charge in [-0.05, 0) is 19.3 Å². The summed E-state index contributed by atoms with van der Waals surface area (Å²) >= 11 is 0. The summed E-state index contributed by atoms with van der Waals surface area (Å²) in [5.74, 6) is 0. The summed E-state index contributed by atoms with van der Waals surface area (Å²) in [7, 11) is 7.53. The summed E-state index contributed by atoms with van der Waals surface area (Å²) in [5.41, 5.74) is 0. The Morgan fingerprint density at radius 3 is 2.03 bits per heavy atom. The van der Waals surface area contributed by atoms with E-state index in [1.807, 2.05) is 0 Å². The van der Waals surface area contributed by atoms with Gasteiger partial charge < -0.3 is 29.3 Å². The lowest BCUT2D eigenvalue weighted by molar-refractivity contribution is -0.112. The van der Waals surface area contributed by atoms with Crippen LogP contribution in [0, 0.1) is 0 Å². The van der Waals surface area contributed by atoms with Crippen LogP contribution in [0.3, 0.4) is 0 Å². The molecule has 13 heteroatoms. The monoisotopic (exact) mass is 510 g/mol. The highest BCUT2D eigenvalue weighted by atomic mass is 16.7. The first-order valence-corrected chi connectivity index (χ1v) is 11.5. The molecule has 0 aromatic heterocycles. The molecule has 0 aliphatic rings. The summed E-state index contributed by atoms with van der Waals surface area (Å²) in [6, 6.07) is -0.800. The number of rotatable bonds is 18. The lowest BCUT2D eigenvalue weighted by Gasteiger charge is -2.27. The van der Waals surface area contributed by atoms with E-state index in [-0.39, 0.29) is 13.5 Å². The van der Waals surface area contributed by atoms with Crippen molar-refractivity contribution in [3.8, 4) is 0 Å². The molecule has 4 amide bonds. The van der Waals surface area contributed by atoms with Crippen LogP contribution < -0.4 is 0 Å². The van der Waals surface area contributed by atoms with Crippen molar-refractivity contribution in [2.24, 2.45) is 0 Å². The molecular weight excluding hydrogens is 464 g/mol. The number of hydrogen-bond donors (Lipinski definition) is 2. The molecule has 0 aliphatic carbocycles. The molecule has 0 aromatic rings. The molecule has 13 nitrogen and oxygen atoms in total. The number of urea groups is 2. The minimum absolute atomic E-state index is 0.0628. The first kappa shape index (κ1) is 35.2. The summed E-state index contributed by atoms with van der Waals surface area (Å²) in [6.07, 6.45) is 7.09. The number of carbonyl (C=O) groups excluding carboxylic acids is 2. The fourth-order valence-electron chi connectivity index (χ4n) is 2.32. The normalized spacial score (nSPS) is 10.6. The minimum atomic E-state index is -0.401. The highest BCUT2D eigenvalue weighted by molar-refractivity contribution is 5.73. The maximum atomic E-state index is 12.1. The highest BCUT2D eigenvalue weighted by Gasteiger charge is 2.20. The van der Waals surface area contributed by atoms with Crippen LogP contribution in [0.4, 0.5) is 9.59 Å². The van der Waals surface area contributed by atoms with Gasteiger partial charge in [-0.1, -0.05) is 25.5 Å². The van der Waals surface area contributed by atoms with Crippen LogP contribution in [0.2, 0.25) is 0 Å². The van der Waals surface area contributed by atoms with Gasteiger partial charge in [0.1, 0.15) is 20.2 Å². The van der Waals surface area contributed by atoms with E-state index in [0.717, 1.165) is 35.6 Å². The van der Waals surface area contributed by atoms with Gasteiger partial charge >= 0.3 is 12.1 Å². The van der Waals surface area contributed by atoms with Crippen LogP contribution in [0.15, 0.2) is 12.2 Å². The Balaban J connectivity index is 0. The van der Waals surface area contributed by atoms with Crippen LogP contribution in [0.25, 0.3) is 0 Å². The van der Waals surface area contributed by atoms with Gasteiger partial charge in [-0.3, -0.25) is 14.6 Å². The van der Waals surface area contributed by atoms with E-state index < -0.39 is 18.8 Å². The number of hydroxylamine groups is 4. The van der Waals surface area contributed by atoms with Gasteiger partial charge in [0.25, 0.3) is 0 Å². The van der Waals surface area contributed by atoms with Gasteiger partial charge in [-0.25, -0.2) is 14.7 Å². The summed E-state index contributed by atoms with van der Waals surface area (Å²) < 4.78 is 15.1. The molecule has 0 fully saturated rings. The molecule has 0 atom stereocenters. The van der Waals surface area contributed by atoms with Gasteiger partial charge in [0.15, 0.2) is 0 Å². The largest absolute Gasteiger partial charge is 0.385 e. The minimum Gasteiger partial charge on any atom is -0.385 e. The van der Waals surface area contributed by atoms with Crippen LogP contribution >= 0.6 is 0 Å². The summed E-state index contributed by atoms with van der Waals surface area (Å²) in [6.45, 7) is 3.84. The third-order valence-corrected chi connectivity index (χ3v) is 4.40. The first-order valence-electron chi connectivity index (χ1n) is 11.5. The zero-order chi connectivity index (χ0) is 26.9. The maximum Gasteiger partial charge on any atom is 0.347 e. The van der Waals surface area contributed by atoms with Crippen molar-refractivity contribution >= 4 is 12.1 Å². The third-order valence-electron chi connectivity index (χ3n) is 4.40. The van der Waals surface area contributed by atoms with Gasteiger partial charge in [-0.15, -0.1) is 0 Å². The summed E-state index contributed by atoms with van der Waals surface area (Å²) in [5, 5.41) is 20.3. The third kappa shape index (κ3) is 18.0. The van der Waals surface area contributed by atoms with Crippen LogP contribution in [0.1, 0.15) is 32.6 Å². The van der Waals surface area contributed by atoms with Crippen LogP contribution in [0.5, 0.6) is 0 Å². The number of methoxy groups -OCH3 is 2. The van der Waals surface area contributed by atoms with Crippen molar-refractivity contribution in [1.29, 1.82) is 0 Å². The number of aliphatic hydroxyl groups excluding tert-OH is 2. The quantitative estimate of drug-likeness (QED) is 0.122. The van der Waals surface area contributed by atoms with Crippen molar-refractivity contribution in [2.75, 3.05) is 88.6 Å². The Labute approximate surface area is 209 Å². The number of nitrogens with zero attached hydrogens (tertiary/aromatic N) is 4. The molecule has 0 unspecified atom stereocenters. The number of ether oxygens (including phenoxy) is 3. The Bertz CT molecular complexity index is 519. The molecule has 2 N–H and O–H groups in total. The number of hydrogen-bond acceptors (Lipinski definition) is 9. The lowest BCUT2D eigenvalue weighted by atomic mass is 10.3. The Hall–Kier alpha value is -2.00. The van der Waals surface area contributed by atoms with Crippen molar-refractivity contribution in [3.63, 3.8) is 0 Å². The van der Waals surface area contributed by atoms with Crippen molar-refractivity contribution in [3.05, 3.63) is 12.2 Å². The predicted molar refractivity (Wildman–Crippen MR) is 130 cm³/mol. The molecule has 0 aliphatic heterocycles. The average molecular weight is 511 g/mol. The molecule has 0 spiro atoms. The van der Waals surface area contributed by atoms with E-state index in [1.54, 1.807) is 26.4 Å². The van der Waals surface area contributed by atoms with E-state index in [4.69, 9.17) is 29.0 Å². The van der Waals surface area contributed by atoms with Crippen LogP contribution in [-0.2, 0) is 23.9 Å². The topological polar surface area (TPSA) is 134 Å². The fourth-order valence-corrected chi connectivity index (χ4v) is 2.32. The SMILES string of the molecule is CCCCOCN(CO)C(=O)N(CCCCOC)OC.COC/C=C/CN(OC)C(=O)N(C)CO. The summed E-state index contributed by atoms with van der Waals surface area (Å²) in [4.78, 5) is 35.8. The smallest absolute Gasteiger partial charge is 0.347 e. The Morgan fingerprint density at radius 1 is 0.829 bits per heavy atom. The van der Waals surface area contributed by atoms with E-state index in [9.17, 15) is 14.7 Å². The Morgan fingerprint density at radius 2 is 1.51 bits per heavy atom. The molecule has 35 heavy (non-hydrogen) atoms. The standard InChI is InChI=1S/C13H28N2O5.C9H18N2O4/c1-4-5-10-20-12-14(11-16)13(17)15(19-3)8-6-7-9-18-2;1-10(8-12)9(13)11(15-3)6-4-5-7-14-2/h16H,4-12H2,1-3H3;4-5,12H,6-8H2,1-3H3/b;5-4+. The predicted octanol–water partition coefficient (Wildman–Crippen LogP) is 1.48. The number of aliphatic hydroxyl groups is 2. The van der Waals surface area contributed by atoms with Crippen LogP contribution in [-0.4, -0.2) is 131 Å². The zero-order valence-corrected chi connectivity index (χ0v) is 22.2. The Kier molecular flexibility index (Phi) is 25.2. The van der Waals surface area contributed by atoms with Gasteiger partial charge in [0.2, 0.25) is 0 Å². The first-order chi connectivity index (χ1) is 16.9. The van der Waals surface area contributed by atoms with E-state index in [1.165, 1.54) is 31.2 Å². The van der Waals surface area contributed by atoms with Crippen molar-refractivity contribution < 1.29 is 43.7 Å². The molecule has 0 bridgehead atoms. The fraction of sp³-hybridized carbons (Fsp3) is 0.818. The van der Waals surface area contributed by atoms with Crippen molar-refractivity contribution in [1.82, 2.24) is 19.9 Å². The highest BCUT2D eigenvalue weighted by Crippen LogP contribution is 2.03. The molecule has 0 saturated heterocycles. The van der Waals surface area contributed by atoms with Crippen molar-refractivity contribution in [2.45, 2.75) is 32.6 Å². The average Bonchev–Trinajstić information content (AvgIpc) is 2.88. The molecule has 0 rings (SSSR count). The van der Waals surface area contributed by atoms with E-state index in [2.05, 4.69) is 6.92 Å². The second kappa shape index (κ2) is 25.1. The van der Waals surface area contributed by atoms with Gasteiger partial charge in [0, 0.05) is 34.5 Å². The molecule has 0 saturated carbocycles. The zero-order valence-electron chi connectivity index (χ0n) is 22.2. The molecule has 208 valence electrons. The molecule has 0 aromatic carbocycles. The number of unbranched alkanes of at least 4 members (excludes halogenated alkanes) is 2. The molecule has 0 heterocycles. The lowest BCUT2D eigenvalue weighted by Crippen LogP contribution is -2.44. The number of carbonyl (C=O) groups is 2. The number of amides is 4. The van der Waals surface area contributed by atoms with Gasteiger partial charge in [-0.2, -0.15) is 5.06 Å². The second-order valence-corrected chi connectivity index (χ2v) is 7.13. The second-order valence-electron chi connectivity index (χ2n) is 7.13.